The monoisotopic (exact) mass is 578 g/mol. The SMILES string of the molecule is CCOc1cc(-c2cnc(N3CC[C@H](NC(=O)OC(C)(C)C)[C@@H](O)C3)cn2)c2c3cnn(C4CCCCO4)c3nn2c1. The average molecular weight is 579 g/mol. The molecule has 0 aliphatic carbocycles. The van der Waals surface area contributed by atoms with Crippen LogP contribution in [0.5, 0.6) is 5.75 Å². The van der Waals surface area contributed by atoms with Gasteiger partial charge in [-0.05, 0) is 59.4 Å². The molecule has 2 fully saturated rings. The molecule has 0 spiro atoms. The summed E-state index contributed by atoms with van der Waals surface area (Å²) in [6.07, 6.45) is 9.29. The molecule has 224 valence electrons. The van der Waals surface area contributed by atoms with Gasteiger partial charge in [-0.1, -0.05) is 0 Å². The second-order valence-corrected chi connectivity index (χ2v) is 11.8. The molecule has 2 saturated heterocycles. The van der Waals surface area contributed by atoms with Crippen LogP contribution in [0, 0.1) is 0 Å². The van der Waals surface area contributed by atoms with E-state index < -0.39 is 23.8 Å². The van der Waals surface area contributed by atoms with Crippen molar-refractivity contribution in [2.45, 2.75) is 77.4 Å². The molecule has 0 radical (unpaired) electrons. The van der Waals surface area contributed by atoms with Crippen LogP contribution in [0.4, 0.5) is 10.6 Å². The Kier molecular flexibility index (Phi) is 7.62. The van der Waals surface area contributed by atoms with Gasteiger partial charge >= 0.3 is 6.09 Å². The highest BCUT2D eigenvalue weighted by Gasteiger charge is 2.31. The number of carbonyl (C=O) groups excluding carboxylic acids is 1. The van der Waals surface area contributed by atoms with Gasteiger partial charge in [-0.2, -0.15) is 5.10 Å². The van der Waals surface area contributed by atoms with Gasteiger partial charge in [0.05, 0.1) is 60.1 Å². The summed E-state index contributed by atoms with van der Waals surface area (Å²) in [6.45, 7) is 9.50. The molecule has 3 atom stereocenters. The molecule has 0 saturated carbocycles. The lowest BCUT2D eigenvalue weighted by molar-refractivity contribution is -0.0370. The first-order valence-corrected chi connectivity index (χ1v) is 14.6. The number of pyridine rings is 1. The highest BCUT2D eigenvalue weighted by molar-refractivity contribution is 6.00. The van der Waals surface area contributed by atoms with Gasteiger partial charge < -0.3 is 29.5 Å². The van der Waals surface area contributed by atoms with Crippen molar-refractivity contribution < 1.29 is 24.1 Å². The molecule has 6 heterocycles. The quantitative estimate of drug-likeness (QED) is 0.348. The number of amides is 1. The van der Waals surface area contributed by atoms with Crippen molar-refractivity contribution in [1.82, 2.24) is 34.7 Å². The number of β-amino-alcohol motifs (C(OH)–C–C–N with tert-alkyl or cyclic N) is 1. The van der Waals surface area contributed by atoms with Crippen LogP contribution in [0.25, 0.3) is 27.8 Å². The van der Waals surface area contributed by atoms with Crippen LogP contribution in [0.15, 0.2) is 30.9 Å². The minimum Gasteiger partial charge on any atom is -0.492 e. The third kappa shape index (κ3) is 5.71. The highest BCUT2D eigenvalue weighted by atomic mass is 16.6. The molecular weight excluding hydrogens is 540 g/mol. The largest absolute Gasteiger partial charge is 0.492 e. The Labute approximate surface area is 243 Å². The lowest BCUT2D eigenvalue weighted by Crippen LogP contribution is -2.55. The number of ether oxygens (including phenoxy) is 3. The van der Waals surface area contributed by atoms with E-state index in [1.165, 1.54) is 0 Å². The van der Waals surface area contributed by atoms with E-state index in [-0.39, 0.29) is 6.23 Å². The summed E-state index contributed by atoms with van der Waals surface area (Å²) < 4.78 is 20.9. The zero-order valence-electron chi connectivity index (χ0n) is 24.5. The van der Waals surface area contributed by atoms with Crippen molar-refractivity contribution in [2.75, 3.05) is 31.2 Å². The lowest BCUT2D eigenvalue weighted by Gasteiger charge is -2.36. The number of alkyl carbamates (subject to hydrolysis) is 1. The van der Waals surface area contributed by atoms with Crippen molar-refractivity contribution in [3.05, 3.63) is 30.9 Å². The minimum absolute atomic E-state index is 0.131. The number of fused-ring (bicyclic) bond motifs is 3. The molecular formula is C29H38N8O5. The standard InChI is InChI=1S/C29H38N8O5/c1-5-40-18-12-19(26-20-13-32-37(25-8-6-7-11-41-25)27(20)34-36(26)16-18)22-14-31-24(15-30-22)35-10-9-21(23(38)17-35)33-28(39)42-29(2,3)4/h12-16,21,23,25,38H,5-11,17H2,1-4H3,(H,33,39)/t21-,23-,25?/m0/s1. The normalized spacial score (nSPS) is 21.5. The first-order valence-electron chi connectivity index (χ1n) is 14.6. The highest BCUT2D eigenvalue weighted by Crippen LogP contribution is 2.34. The van der Waals surface area contributed by atoms with Gasteiger partial charge in [-0.25, -0.2) is 19.0 Å². The summed E-state index contributed by atoms with van der Waals surface area (Å²) in [4.78, 5) is 23.6. The predicted octanol–water partition coefficient (Wildman–Crippen LogP) is 3.70. The Morgan fingerprint density at radius 3 is 2.74 bits per heavy atom. The molecule has 4 aromatic rings. The minimum atomic E-state index is -0.778. The Hall–Kier alpha value is -3.97. The van der Waals surface area contributed by atoms with Crippen molar-refractivity contribution in [2.24, 2.45) is 0 Å². The van der Waals surface area contributed by atoms with Gasteiger partial charge in [0.2, 0.25) is 0 Å². The fraction of sp³-hybridized carbons (Fsp3) is 0.552. The van der Waals surface area contributed by atoms with E-state index in [1.807, 2.05) is 39.5 Å². The number of hydrogen-bond donors (Lipinski definition) is 2. The summed E-state index contributed by atoms with van der Waals surface area (Å²) in [6, 6.07) is 1.55. The van der Waals surface area contributed by atoms with Gasteiger partial charge in [0.25, 0.3) is 0 Å². The van der Waals surface area contributed by atoms with Crippen molar-refractivity contribution in [1.29, 1.82) is 0 Å². The van der Waals surface area contributed by atoms with Crippen LogP contribution in [-0.2, 0) is 9.47 Å². The van der Waals surface area contributed by atoms with Crippen molar-refractivity contribution in [3.8, 4) is 17.0 Å². The van der Waals surface area contributed by atoms with Crippen molar-refractivity contribution >= 4 is 28.5 Å². The van der Waals surface area contributed by atoms with Gasteiger partial charge in [0.1, 0.15) is 17.2 Å². The maximum atomic E-state index is 12.2. The van der Waals surface area contributed by atoms with Crippen LogP contribution < -0.4 is 15.0 Å². The van der Waals surface area contributed by atoms with Crippen LogP contribution in [-0.4, -0.2) is 84.6 Å². The number of aromatic nitrogens is 6. The fourth-order valence-electron chi connectivity index (χ4n) is 5.59. The molecule has 13 nitrogen and oxygen atoms in total. The molecule has 42 heavy (non-hydrogen) atoms. The van der Waals surface area contributed by atoms with Crippen molar-refractivity contribution in [3.63, 3.8) is 0 Å². The lowest BCUT2D eigenvalue weighted by atomic mass is 10.0. The van der Waals surface area contributed by atoms with Gasteiger partial charge in [-0.3, -0.25) is 4.98 Å². The van der Waals surface area contributed by atoms with Crippen LogP contribution in [0.3, 0.4) is 0 Å². The molecule has 1 unspecified atom stereocenters. The summed E-state index contributed by atoms with van der Waals surface area (Å²) in [5.41, 5.74) is 2.50. The molecule has 2 N–H and O–H groups in total. The Bertz CT molecular complexity index is 1550. The van der Waals surface area contributed by atoms with E-state index in [2.05, 4.69) is 10.4 Å². The Morgan fingerprint density at radius 1 is 1.19 bits per heavy atom. The first kappa shape index (κ1) is 28.2. The smallest absolute Gasteiger partial charge is 0.407 e. The molecule has 4 aromatic heterocycles. The number of hydrogen-bond acceptors (Lipinski definition) is 10. The average Bonchev–Trinajstić information content (AvgIpc) is 3.53. The third-order valence-electron chi connectivity index (χ3n) is 7.51. The number of carbonyl (C=O) groups is 1. The number of aliphatic hydroxyl groups is 1. The fourth-order valence-corrected chi connectivity index (χ4v) is 5.59. The maximum absolute atomic E-state index is 12.2. The number of nitrogens with zero attached hydrogens (tertiary/aromatic N) is 7. The van der Waals surface area contributed by atoms with Crippen LogP contribution >= 0.6 is 0 Å². The molecule has 1 amide bonds. The number of anilines is 1. The number of aliphatic hydroxyl groups excluding tert-OH is 1. The topological polar surface area (TPSA) is 141 Å². The summed E-state index contributed by atoms with van der Waals surface area (Å²) in [5, 5.41) is 23.9. The van der Waals surface area contributed by atoms with E-state index in [4.69, 9.17) is 29.3 Å². The summed E-state index contributed by atoms with van der Waals surface area (Å²) in [7, 11) is 0. The van der Waals surface area contributed by atoms with E-state index >= 15 is 0 Å². The molecule has 2 aliphatic heterocycles. The molecule has 2 aliphatic rings. The van der Waals surface area contributed by atoms with Crippen LogP contribution in [0.2, 0.25) is 0 Å². The van der Waals surface area contributed by atoms with E-state index in [0.717, 1.165) is 48.0 Å². The summed E-state index contributed by atoms with van der Waals surface area (Å²) >= 11 is 0. The maximum Gasteiger partial charge on any atom is 0.407 e. The van der Waals surface area contributed by atoms with E-state index in [9.17, 15) is 9.90 Å². The Balaban J connectivity index is 1.25. The number of piperidine rings is 1. The molecule has 0 bridgehead atoms. The van der Waals surface area contributed by atoms with E-state index in [1.54, 1.807) is 33.2 Å². The molecule has 0 aromatic carbocycles. The second kappa shape index (κ2) is 11.4. The third-order valence-corrected chi connectivity index (χ3v) is 7.51. The first-order chi connectivity index (χ1) is 20.2. The number of nitrogens with one attached hydrogen (secondary N) is 1. The summed E-state index contributed by atoms with van der Waals surface area (Å²) in [5.74, 6) is 1.32. The van der Waals surface area contributed by atoms with Gasteiger partial charge in [-0.15, -0.1) is 5.10 Å². The van der Waals surface area contributed by atoms with Crippen LogP contribution in [0.1, 0.15) is 59.6 Å². The van der Waals surface area contributed by atoms with E-state index in [0.29, 0.717) is 43.4 Å². The second-order valence-electron chi connectivity index (χ2n) is 11.8. The van der Waals surface area contributed by atoms with Gasteiger partial charge in [0.15, 0.2) is 11.9 Å². The Morgan fingerprint density at radius 2 is 2.05 bits per heavy atom. The molecule has 13 heteroatoms. The number of rotatable bonds is 6. The molecule has 6 rings (SSSR count). The zero-order valence-corrected chi connectivity index (χ0v) is 24.5. The zero-order chi connectivity index (χ0) is 29.4. The predicted molar refractivity (Wildman–Crippen MR) is 156 cm³/mol. The van der Waals surface area contributed by atoms with Gasteiger partial charge in [0, 0.05) is 25.3 Å².